The van der Waals surface area contributed by atoms with Crippen molar-refractivity contribution < 1.29 is 18.3 Å². The average molecular weight is 208 g/mol. The van der Waals surface area contributed by atoms with E-state index in [2.05, 4.69) is 4.99 Å². The van der Waals surface area contributed by atoms with Crippen molar-refractivity contribution in [3.8, 4) is 0 Å². The first-order valence-electron chi connectivity index (χ1n) is 3.44. The third kappa shape index (κ3) is 1.69. The maximum absolute atomic E-state index is 12.2. The predicted octanol–water partition coefficient (Wildman–Crippen LogP) is -0.311. The molecule has 1 heterocycles. The number of rotatable bonds is 1. The van der Waals surface area contributed by atoms with Gasteiger partial charge in [-0.2, -0.15) is 13.2 Å². The van der Waals surface area contributed by atoms with Crippen LogP contribution in [0.4, 0.5) is 13.2 Å². The third-order valence-electron chi connectivity index (χ3n) is 1.48. The van der Waals surface area contributed by atoms with Gasteiger partial charge in [0.05, 0.1) is 0 Å². The van der Waals surface area contributed by atoms with E-state index in [1.807, 2.05) is 0 Å². The average Bonchev–Trinajstić information content (AvgIpc) is 2.02. The van der Waals surface area contributed by atoms with E-state index in [1.54, 1.807) is 5.32 Å². The molecule has 1 atom stereocenters. The molecule has 0 amide bonds. The standard InChI is InChI=1S/C6H7F3N4O/c7-5(8,9)6(14)12-2-1-3(13-6)4(10)11/h1-2,12,14H,(H3,10,11). The number of nitrogens with two attached hydrogens (primary N) is 1. The van der Waals surface area contributed by atoms with Crippen LogP contribution in [-0.2, 0) is 0 Å². The zero-order chi connectivity index (χ0) is 11.0. The van der Waals surface area contributed by atoms with Crippen LogP contribution in [0.25, 0.3) is 0 Å². The van der Waals surface area contributed by atoms with Crippen molar-refractivity contribution in [1.29, 1.82) is 5.41 Å². The summed E-state index contributed by atoms with van der Waals surface area (Å²) >= 11 is 0. The predicted molar refractivity (Wildman–Crippen MR) is 42.6 cm³/mol. The molecular weight excluding hydrogens is 201 g/mol. The summed E-state index contributed by atoms with van der Waals surface area (Å²) in [6.45, 7) is 0. The van der Waals surface area contributed by atoms with Gasteiger partial charge < -0.3 is 16.2 Å². The van der Waals surface area contributed by atoms with Crippen LogP contribution in [0.3, 0.4) is 0 Å². The number of hydrogen-bond acceptors (Lipinski definition) is 4. The molecule has 1 unspecified atom stereocenters. The Morgan fingerprint density at radius 3 is 2.64 bits per heavy atom. The number of nitrogens with zero attached hydrogens (tertiary/aromatic N) is 1. The van der Waals surface area contributed by atoms with Crippen molar-refractivity contribution in [2.45, 2.75) is 12.0 Å². The number of halogens is 3. The number of aliphatic hydroxyl groups is 1. The van der Waals surface area contributed by atoms with Gasteiger partial charge in [-0.3, -0.25) is 5.41 Å². The number of amidine groups is 1. The van der Waals surface area contributed by atoms with E-state index >= 15 is 0 Å². The van der Waals surface area contributed by atoms with Crippen LogP contribution < -0.4 is 11.1 Å². The van der Waals surface area contributed by atoms with Crippen molar-refractivity contribution >= 4 is 11.5 Å². The van der Waals surface area contributed by atoms with E-state index in [0.29, 0.717) is 0 Å². The molecule has 0 aliphatic carbocycles. The van der Waals surface area contributed by atoms with E-state index in [4.69, 9.17) is 16.2 Å². The van der Waals surface area contributed by atoms with Crippen LogP contribution >= 0.6 is 0 Å². The molecule has 78 valence electrons. The third-order valence-corrected chi connectivity index (χ3v) is 1.48. The highest BCUT2D eigenvalue weighted by Crippen LogP contribution is 2.30. The Labute approximate surface area is 76.6 Å². The van der Waals surface area contributed by atoms with Gasteiger partial charge in [-0.05, 0) is 6.08 Å². The fourth-order valence-corrected chi connectivity index (χ4v) is 0.776. The minimum absolute atomic E-state index is 0.427. The second kappa shape index (κ2) is 2.98. The highest BCUT2D eigenvalue weighted by Gasteiger charge is 2.55. The number of aliphatic imine (C=N–C) groups is 1. The van der Waals surface area contributed by atoms with Crippen LogP contribution in [0.2, 0.25) is 0 Å². The van der Waals surface area contributed by atoms with Gasteiger partial charge in [0.2, 0.25) is 0 Å². The van der Waals surface area contributed by atoms with E-state index < -0.39 is 23.6 Å². The zero-order valence-electron chi connectivity index (χ0n) is 6.76. The smallest absolute Gasteiger partial charge is 0.382 e. The molecule has 1 aliphatic heterocycles. The van der Waals surface area contributed by atoms with Gasteiger partial charge in [0.1, 0.15) is 11.5 Å². The molecule has 8 heteroatoms. The van der Waals surface area contributed by atoms with Gasteiger partial charge in [0.25, 0.3) is 0 Å². The first-order valence-corrected chi connectivity index (χ1v) is 3.44. The van der Waals surface area contributed by atoms with E-state index in [0.717, 1.165) is 12.3 Å². The molecule has 0 radical (unpaired) electrons. The fourth-order valence-electron chi connectivity index (χ4n) is 0.776. The van der Waals surface area contributed by atoms with E-state index in [-0.39, 0.29) is 0 Å². The topological polar surface area (TPSA) is 94.5 Å². The van der Waals surface area contributed by atoms with Crippen molar-refractivity contribution in [1.82, 2.24) is 5.32 Å². The molecule has 0 bridgehead atoms. The second-order valence-corrected chi connectivity index (χ2v) is 2.56. The zero-order valence-corrected chi connectivity index (χ0v) is 6.76. The van der Waals surface area contributed by atoms with Crippen LogP contribution in [0, 0.1) is 5.41 Å². The molecule has 0 aromatic rings. The first kappa shape index (κ1) is 10.5. The molecule has 0 fully saturated rings. The van der Waals surface area contributed by atoms with Gasteiger partial charge >= 0.3 is 12.0 Å². The van der Waals surface area contributed by atoms with E-state index in [1.165, 1.54) is 0 Å². The Morgan fingerprint density at radius 1 is 1.64 bits per heavy atom. The van der Waals surface area contributed by atoms with Crippen LogP contribution in [0.5, 0.6) is 0 Å². The maximum atomic E-state index is 12.2. The Kier molecular flexibility index (Phi) is 2.24. The molecule has 5 N–H and O–H groups in total. The Balaban J connectivity index is 3.06. The summed E-state index contributed by atoms with van der Waals surface area (Å²) in [6, 6.07) is 0. The van der Waals surface area contributed by atoms with Gasteiger partial charge in [-0.1, -0.05) is 0 Å². The van der Waals surface area contributed by atoms with Crippen LogP contribution in [0.15, 0.2) is 17.3 Å². The molecule has 0 spiro atoms. The molecule has 0 saturated carbocycles. The van der Waals surface area contributed by atoms with Crippen LogP contribution in [-0.4, -0.2) is 28.7 Å². The van der Waals surface area contributed by atoms with Gasteiger partial charge in [0, 0.05) is 6.20 Å². The second-order valence-electron chi connectivity index (χ2n) is 2.56. The monoisotopic (exact) mass is 208 g/mol. The molecular formula is C6H7F3N4O. The maximum Gasteiger partial charge on any atom is 0.460 e. The molecule has 0 aromatic heterocycles. The fraction of sp³-hybridized carbons (Fsp3) is 0.333. The summed E-state index contributed by atoms with van der Waals surface area (Å²) in [4.78, 5) is 2.88. The van der Waals surface area contributed by atoms with Gasteiger partial charge in [-0.15, -0.1) is 0 Å². The first-order chi connectivity index (χ1) is 6.26. The van der Waals surface area contributed by atoms with E-state index in [9.17, 15) is 13.2 Å². The minimum Gasteiger partial charge on any atom is -0.382 e. The SMILES string of the molecule is N=C(N)C1=NC(O)(C(F)(F)F)NC=C1. The molecule has 5 nitrogen and oxygen atoms in total. The lowest BCUT2D eigenvalue weighted by atomic mass is 10.2. The molecule has 1 rings (SSSR count). The normalized spacial score (nSPS) is 26.7. The summed E-state index contributed by atoms with van der Waals surface area (Å²) in [7, 11) is 0. The van der Waals surface area contributed by atoms with Crippen molar-refractivity contribution in [3.63, 3.8) is 0 Å². The quantitative estimate of drug-likeness (QED) is 0.351. The minimum atomic E-state index is -4.97. The lowest BCUT2D eigenvalue weighted by molar-refractivity contribution is -0.265. The number of nitrogens with one attached hydrogen (secondary N) is 2. The number of alkyl halides is 3. The molecule has 1 aliphatic rings. The molecule has 14 heavy (non-hydrogen) atoms. The Hall–Kier alpha value is -1.57. The highest BCUT2D eigenvalue weighted by atomic mass is 19.4. The molecule has 0 saturated heterocycles. The summed E-state index contributed by atoms with van der Waals surface area (Å²) in [5, 5.41) is 17.5. The van der Waals surface area contributed by atoms with Gasteiger partial charge in [0.15, 0.2) is 0 Å². The largest absolute Gasteiger partial charge is 0.460 e. The summed E-state index contributed by atoms with van der Waals surface area (Å²) in [5.74, 6) is -4.05. The lowest BCUT2D eigenvalue weighted by Gasteiger charge is -2.29. The summed E-state index contributed by atoms with van der Waals surface area (Å²) < 4.78 is 36.6. The Morgan fingerprint density at radius 2 is 2.21 bits per heavy atom. The summed E-state index contributed by atoms with van der Waals surface area (Å²) in [6.07, 6.45) is -3.09. The van der Waals surface area contributed by atoms with Crippen LogP contribution in [0.1, 0.15) is 0 Å². The van der Waals surface area contributed by atoms with Crippen molar-refractivity contribution in [3.05, 3.63) is 12.3 Å². The van der Waals surface area contributed by atoms with Gasteiger partial charge in [-0.25, -0.2) is 4.99 Å². The summed E-state index contributed by atoms with van der Waals surface area (Å²) in [5.41, 5.74) is 4.50. The molecule has 0 aromatic carbocycles. The lowest BCUT2D eigenvalue weighted by Crippen LogP contribution is -2.55. The van der Waals surface area contributed by atoms with Crippen molar-refractivity contribution in [2.75, 3.05) is 0 Å². The highest BCUT2D eigenvalue weighted by molar-refractivity contribution is 6.44. The van der Waals surface area contributed by atoms with Crippen molar-refractivity contribution in [2.24, 2.45) is 10.7 Å². The number of hydrogen-bond donors (Lipinski definition) is 4. The Bertz CT molecular complexity index is 322.